The summed E-state index contributed by atoms with van der Waals surface area (Å²) >= 11 is 6.00. The molecule has 0 aliphatic rings. The Morgan fingerprint density at radius 3 is 2.50 bits per heavy atom. The molecule has 2 N–H and O–H groups in total. The smallest absolute Gasteiger partial charge is 0.171 e. The first-order valence-corrected chi connectivity index (χ1v) is 5.84. The van der Waals surface area contributed by atoms with E-state index in [-0.39, 0.29) is 12.6 Å². The van der Waals surface area contributed by atoms with Crippen LogP contribution in [0, 0.1) is 13.8 Å². The van der Waals surface area contributed by atoms with E-state index in [0.717, 1.165) is 17.8 Å². The number of nitrogens with one attached hydrogen (secondary N) is 1. The fourth-order valence-electron chi connectivity index (χ4n) is 1.40. The van der Waals surface area contributed by atoms with Gasteiger partial charge in [0.15, 0.2) is 11.0 Å². The first-order valence-electron chi connectivity index (χ1n) is 5.46. The lowest BCUT2D eigenvalue weighted by atomic mass is 10.1. The van der Waals surface area contributed by atoms with Gasteiger partial charge in [0.2, 0.25) is 0 Å². The number of aliphatic hydroxyl groups is 1. The predicted octanol–water partition coefficient (Wildman–Crippen LogP) is 2.32. The fourth-order valence-corrected chi connectivity index (χ4v) is 1.62. The monoisotopic (exact) mass is 243 g/mol. The molecule has 1 heterocycles. The standard InChI is InChI=1S/C11H18ClN3O/c1-4-9(5-6-16)15-11-10(12)13-7(2)8(3)14-11/h9,16H,4-6H2,1-3H3,(H,14,15). The van der Waals surface area contributed by atoms with Crippen molar-refractivity contribution < 1.29 is 5.11 Å². The molecule has 1 aromatic heterocycles. The minimum atomic E-state index is 0.154. The van der Waals surface area contributed by atoms with Crippen molar-refractivity contribution in [2.24, 2.45) is 0 Å². The number of hydrogen-bond acceptors (Lipinski definition) is 4. The second kappa shape index (κ2) is 6.01. The second-order valence-corrected chi connectivity index (χ2v) is 4.15. The molecule has 0 fully saturated rings. The molecule has 1 atom stereocenters. The van der Waals surface area contributed by atoms with E-state index in [1.54, 1.807) is 0 Å². The molecule has 1 rings (SSSR count). The van der Waals surface area contributed by atoms with Gasteiger partial charge in [-0.1, -0.05) is 18.5 Å². The van der Waals surface area contributed by atoms with Crippen molar-refractivity contribution in [1.82, 2.24) is 9.97 Å². The van der Waals surface area contributed by atoms with E-state index in [4.69, 9.17) is 16.7 Å². The Morgan fingerprint density at radius 2 is 1.94 bits per heavy atom. The molecule has 4 nitrogen and oxygen atoms in total. The molecule has 0 spiro atoms. The average Bonchev–Trinajstić information content (AvgIpc) is 2.25. The van der Waals surface area contributed by atoms with Crippen molar-refractivity contribution in [2.45, 2.75) is 39.7 Å². The van der Waals surface area contributed by atoms with Gasteiger partial charge in [0.25, 0.3) is 0 Å². The van der Waals surface area contributed by atoms with Crippen LogP contribution < -0.4 is 5.32 Å². The van der Waals surface area contributed by atoms with E-state index in [0.29, 0.717) is 17.4 Å². The van der Waals surface area contributed by atoms with Gasteiger partial charge in [-0.05, 0) is 26.7 Å². The lowest BCUT2D eigenvalue weighted by Crippen LogP contribution is -2.21. The number of hydrogen-bond donors (Lipinski definition) is 2. The van der Waals surface area contributed by atoms with Crippen LogP contribution in [0.3, 0.4) is 0 Å². The quantitative estimate of drug-likeness (QED) is 0.833. The molecule has 0 aliphatic carbocycles. The molecule has 90 valence electrons. The summed E-state index contributed by atoms with van der Waals surface area (Å²) in [5, 5.41) is 12.5. The normalized spacial score (nSPS) is 12.6. The fraction of sp³-hybridized carbons (Fsp3) is 0.636. The van der Waals surface area contributed by atoms with Gasteiger partial charge in [-0.3, -0.25) is 0 Å². The van der Waals surface area contributed by atoms with Gasteiger partial charge < -0.3 is 10.4 Å². The van der Waals surface area contributed by atoms with Crippen LogP contribution >= 0.6 is 11.6 Å². The number of aryl methyl sites for hydroxylation is 2. The summed E-state index contributed by atoms with van der Waals surface area (Å²) in [6.45, 7) is 5.98. The topological polar surface area (TPSA) is 58.0 Å². The molecule has 16 heavy (non-hydrogen) atoms. The molecule has 0 aliphatic heterocycles. The van der Waals surface area contributed by atoms with Crippen LogP contribution in [-0.2, 0) is 0 Å². The molecule has 1 aromatic rings. The minimum Gasteiger partial charge on any atom is -0.396 e. The van der Waals surface area contributed by atoms with Crippen LogP contribution in [0.2, 0.25) is 5.15 Å². The molecule has 0 radical (unpaired) electrons. The average molecular weight is 244 g/mol. The van der Waals surface area contributed by atoms with Crippen LogP contribution in [0.5, 0.6) is 0 Å². The van der Waals surface area contributed by atoms with Crippen molar-refractivity contribution >= 4 is 17.4 Å². The van der Waals surface area contributed by atoms with Gasteiger partial charge in [-0.15, -0.1) is 0 Å². The molecule has 0 saturated carbocycles. The first-order chi connectivity index (χ1) is 7.58. The van der Waals surface area contributed by atoms with Crippen molar-refractivity contribution in [3.05, 3.63) is 16.5 Å². The predicted molar refractivity (Wildman–Crippen MR) is 65.9 cm³/mol. The Hall–Kier alpha value is -0.870. The molecule has 0 amide bonds. The number of aliphatic hydroxyl groups excluding tert-OH is 1. The van der Waals surface area contributed by atoms with Gasteiger partial charge in [-0.25, -0.2) is 9.97 Å². The second-order valence-electron chi connectivity index (χ2n) is 3.80. The van der Waals surface area contributed by atoms with Gasteiger partial charge in [0, 0.05) is 12.6 Å². The van der Waals surface area contributed by atoms with Crippen LogP contribution in [0.1, 0.15) is 31.2 Å². The van der Waals surface area contributed by atoms with Crippen LogP contribution in [-0.4, -0.2) is 27.7 Å². The van der Waals surface area contributed by atoms with E-state index in [2.05, 4.69) is 22.2 Å². The van der Waals surface area contributed by atoms with Crippen LogP contribution in [0.4, 0.5) is 5.82 Å². The van der Waals surface area contributed by atoms with Crippen LogP contribution in [0.25, 0.3) is 0 Å². The number of rotatable bonds is 5. The number of nitrogens with zero attached hydrogens (tertiary/aromatic N) is 2. The summed E-state index contributed by atoms with van der Waals surface area (Å²) in [4.78, 5) is 8.55. The lowest BCUT2D eigenvalue weighted by molar-refractivity contribution is 0.278. The highest BCUT2D eigenvalue weighted by Gasteiger charge is 2.11. The van der Waals surface area contributed by atoms with Crippen molar-refractivity contribution in [1.29, 1.82) is 0 Å². The highest BCUT2D eigenvalue weighted by Crippen LogP contribution is 2.20. The zero-order valence-corrected chi connectivity index (χ0v) is 10.7. The molecule has 0 saturated heterocycles. The number of aromatic nitrogens is 2. The Bertz CT molecular complexity index is 357. The van der Waals surface area contributed by atoms with Crippen molar-refractivity contribution in [3.63, 3.8) is 0 Å². The third-order valence-corrected chi connectivity index (χ3v) is 2.84. The lowest BCUT2D eigenvalue weighted by Gasteiger charge is -2.17. The van der Waals surface area contributed by atoms with Gasteiger partial charge in [-0.2, -0.15) is 0 Å². The Balaban J connectivity index is 2.83. The summed E-state index contributed by atoms with van der Waals surface area (Å²) in [5.41, 5.74) is 1.71. The summed E-state index contributed by atoms with van der Waals surface area (Å²) in [6.07, 6.45) is 1.59. The maximum atomic E-state index is 8.90. The van der Waals surface area contributed by atoms with Gasteiger partial charge in [0.1, 0.15) is 0 Å². The van der Waals surface area contributed by atoms with E-state index in [1.807, 2.05) is 13.8 Å². The van der Waals surface area contributed by atoms with Crippen molar-refractivity contribution in [2.75, 3.05) is 11.9 Å². The number of anilines is 1. The van der Waals surface area contributed by atoms with Gasteiger partial charge >= 0.3 is 0 Å². The minimum absolute atomic E-state index is 0.154. The summed E-state index contributed by atoms with van der Waals surface area (Å²) in [5.74, 6) is 0.602. The van der Waals surface area contributed by atoms with E-state index in [1.165, 1.54) is 0 Å². The third-order valence-electron chi connectivity index (χ3n) is 2.58. The first kappa shape index (κ1) is 13.2. The van der Waals surface area contributed by atoms with Crippen LogP contribution in [0.15, 0.2) is 0 Å². The maximum Gasteiger partial charge on any atom is 0.171 e. The summed E-state index contributed by atoms with van der Waals surface area (Å²) in [6, 6.07) is 0.180. The zero-order valence-electron chi connectivity index (χ0n) is 9.92. The molecule has 0 aromatic carbocycles. The summed E-state index contributed by atoms with van der Waals surface area (Å²) < 4.78 is 0. The Kier molecular flexibility index (Phi) is 4.96. The highest BCUT2D eigenvalue weighted by atomic mass is 35.5. The largest absolute Gasteiger partial charge is 0.396 e. The molecular weight excluding hydrogens is 226 g/mol. The Morgan fingerprint density at radius 1 is 1.31 bits per heavy atom. The number of halogens is 1. The van der Waals surface area contributed by atoms with Gasteiger partial charge in [0.05, 0.1) is 11.4 Å². The maximum absolute atomic E-state index is 8.90. The van der Waals surface area contributed by atoms with E-state index < -0.39 is 0 Å². The SMILES string of the molecule is CCC(CCO)Nc1nc(C)c(C)nc1Cl. The van der Waals surface area contributed by atoms with E-state index >= 15 is 0 Å². The zero-order chi connectivity index (χ0) is 12.1. The Labute approximate surface area is 101 Å². The molecule has 1 unspecified atom stereocenters. The molecule has 0 bridgehead atoms. The molecular formula is C11H18ClN3O. The van der Waals surface area contributed by atoms with E-state index in [9.17, 15) is 0 Å². The third kappa shape index (κ3) is 3.32. The molecule has 5 heteroatoms. The van der Waals surface area contributed by atoms with Crippen molar-refractivity contribution in [3.8, 4) is 0 Å². The highest BCUT2D eigenvalue weighted by molar-refractivity contribution is 6.31. The summed E-state index contributed by atoms with van der Waals surface area (Å²) in [7, 11) is 0.